The lowest BCUT2D eigenvalue weighted by atomic mass is 10.2. The average Bonchev–Trinajstić information content (AvgIpc) is 2.37. The Morgan fingerprint density at radius 3 is 2.61 bits per heavy atom. The number of ether oxygens (including phenoxy) is 1. The summed E-state index contributed by atoms with van der Waals surface area (Å²) >= 11 is 9.28. The topological polar surface area (TPSA) is 35.0 Å². The maximum atomic E-state index is 5.89. The van der Waals surface area contributed by atoms with Crippen molar-refractivity contribution in [1.82, 2.24) is 9.97 Å². The van der Waals surface area contributed by atoms with E-state index < -0.39 is 0 Å². The molecule has 1 aromatic heterocycles. The van der Waals surface area contributed by atoms with Crippen LogP contribution >= 0.6 is 27.5 Å². The molecule has 5 heteroatoms. The zero-order chi connectivity index (χ0) is 13.0. The first-order valence-electron chi connectivity index (χ1n) is 5.58. The second-order valence-electron chi connectivity index (χ2n) is 3.71. The van der Waals surface area contributed by atoms with Crippen molar-refractivity contribution >= 4 is 27.5 Å². The second kappa shape index (κ2) is 6.16. The highest BCUT2D eigenvalue weighted by Gasteiger charge is 2.03. The lowest BCUT2D eigenvalue weighted by molar-refractivity contribution is 0.292. The molecule has 0 atom stereocenters. The third-order valence-electron chi connectivity index (χ3n) is 2.33. The van der Waals surface area contributed by atoms with Gasteiger partial charge in [0.25, 0.3) is 0 Å². The summed E-state index contributed by atoms with van der Waals surface area (Å²) in [5, 5.41) is 0.410. The molecule has 2 aromatic rings. The molecule has 18 heavy (non-hydrogen) atoms. The first kappa shape index (κ1) is 13.3. The fraction of sp³-hybridized carbons (Fsp3) is 0.231. The molecule has 3 nitrogen and oxygen atoms in total. The number of aryl methyl sites for hydroxylation is 1. The van der Waals surface area contributed by atoms with Gasteiger partial charge in [-0.25, -0.2) is 4.98 Å². The number of hydrogen-bond donors (Lipinski definition) is 0. The molecule has 0 bridgehead atoms. The third kappa shape index (κ3) is 3.68. The van der Waals surface area contributed by atoms with Crippen molar-refractivity contribution in [3.05, 3.63) is 51.3 Å². The van der Waals surface area contributed by atoms with Crippen LogP contribution in [-0.4, -0.2) is 9.97 Å². The van der Waals surface area contributed by atoms with Crippen molar-refractivity contribution < 1.29 is 4.74 Å². The van der Waals surface area contributed by atoms with Gasteiger partial charge in [-0.3, -0.25) is 0 Å². The number of benzene rings is 1. The van der Waals surface area contributed by atoms with Gasteiger partial charge < -0.3 is 4.74 Å². The molecule has 2 rings (SSSR count). The first-order valence-corrected chi connectivity index (χ1v) is 6.75. The van der Waals surface area contributed by atoms with E-state index in [1.165, 1.54) is 0 Å². The van der Waals surface area contributed by atoms with Crippen molar-refractivity contribution in [2.24, 2.45) is 0 Å². The fourth-order valence-corrected chi connectivity index (χ4v) is 1.87. The van der Waals surface area contributed by atoms with E-state index in [0.717, 1.165) is 16.5 Å². The van der Waals surface area contributed by atoms with E-state index in [0.29, 0.717) is 23.5 Å². The summed E-state index contributed by atoms with van der Waals surface area (Å²) in [5.41, 5.74) is 1.07. The molecule has 0 unspecified atom stereocenters. The van der Waals surface area contributed by atoms with Crippen molar-refractivity contribution in [3.8, 4) is 5.88 Å². The Balaban J connectivity index is 2.05. The second-order valence-corrected chi connectivity index (χ2v) is 5.02. The van der Waals surface area contributed by atoms with E-state index in [4.69, 9.17) is 16.3 Å². The molecule has 0 fully saturated rings. The van der Waals surface area contributed by atoms with Crippen LogP contribution in [0.15, 0.2) is 34.8 Å². The molecule has 0 aliphatic heterocycles. The highest BCUT2D eigenvalue weighted by molar-refractivity contribution is 9.10. The zero-order valence-electron chi connectivity index (χ0n) is 9.86. The van der Waals surface area contributed by atoms with Crippen LogP contribution in [0.4, 0.5) is 0 Å². The number of halogens is 2. The summed E-state index contributed by atoms with van der Waals surface area (Å²) in [6, 6.07) is 9.56. The highest BCUT2D eigenvalue weighted by Crippen LogP contribution is 2.16. The van der Waals surface area contributed by atoms with Crippen molar-refractivity contribution in [2.75, 3.05) is 0 Å². The molecule has 0 aliphatic rings. The number of nitrogens with zero attached hydrogens (tertiary/aromatic N) is 2. The van der Waals surface area contributed by atoms with Crippen molar-refractivity contribution in [2.45, 2.75) is 20.0 Å². The van der Waals surface area contributed by atoms with Gasteiger partial charge in [-0.15, -0.1) is 0 Å². The summed E-state index contributed by atoms with van der Waals surface area (Å²) in [7, 11) is 0. The van der Waals surface area contributed by atoms with E-state index in [9.17, 15) is 0 Å². The van der Waals surface area contributed by atoms with E-state index in [-0.39, 0.29) is 0 Å². The third-order valence-corrected chi connectivity index (χ3v) is 3.06. The number of aromatic nitrogens is 2. The van der Waals surface area contributed by atoms with E-state index in [2.05, 4.69) is 25.9 Å². The Morgan fingerprint density at radius 1 is 1.22 bits per heavy atom. The molecule has 0 saturated heterocycles. The summed E-state index contributed by atoms with van der Waals surface area (Å²) in [6.45, 7) is 2.44. The molecule has 1 heterocycles. The maximum Gasteiger partial charge on any atom is 0.218 e. The van der Waals surface area contributed by atoms with Crippen LogP contribution in [0.1, 0.15) is 18.3 Å². The SMILES string of the molecule is CCc1nc(Cl)cc(OCc2ccc(Br)cc2)n1. The molecule has 0 amide bonds. The van der Waals surface area contributed by atoms with Gasteiger partial charge in [-0.05, 0) is 17.7 Å². The maximum absolute atomic E-state index is 5.89. The van der Waals surface area contributed by atoms with Crippen LogP contribution in [0, 0.1) is 0 Å². The van der Waals surface area contributed by atoms with Gasteiger partial charge in [0.1, 0.15) is 17.6 Å². The Hall–Kier alpha value is -1.13. The first-order chi connectivity index (χ1) is 8.67. The van der Waals surface area contributed by atoms with Gasteiger partial charge in [-0.1, -0.05) is 46.6 Å². The fourth-order valence-electron chi connectivity index (χ4n) is 1.41. The lowest BCUT2D eigenvalue weighted by Gasteiger charge is -2.07. The molecule has 0 saturated carbocycles. The van der Waals surface area contributed by atoms with Crippen molar-refractivity contribution in [1.29, 1.82) is 0 Å². The van der Waals surface area contributed by atoms with Crippen LogP contribution in [0.25, 0.3) is 0 Å². The summed E-state index contributed by atoms with van der Waals surface area (Å²) in [5.74, 6) is 1.20. The molecule has 0 N–H and O–H groups in total. The predicted molar refractivity (Wildman–Crippen MR) is 74.9 cm³/mol. The average molecular weight is 328 g/mol. The van der Waals surface area contributed by atoms with Crippen LogP contribution in [0.3, 0.4) is 0 Å². The van der Waals surface area contributed by atoms with Crippen LogP contribution in [-0.2, 0) is 13.0 Å². The summed E-state index contributed by atoms with van der Waals surface area (Å²) < 4.78 is 6.65. The molecule has 0 aliphatic carbocycles. The molecular formula is C13H12BrClN2O. The zero-order valence-corrected chi connectivity index (χ0v) is 12.2. The summed E-state index contributed by atoms with van der Waals surface area (Å²) in [4.78, 5) is 8.34. The molecular weight excluding hydrogens is 316 g/mol. The lowest BCUT2D eigenvalue weighted by Crippen LogP contribution is -2.00. The normalized spacial score (nSPS) is 10.4. The van der Waals surface area contributed by atoms with Gasteiger partial charge in [0.05, 0.1) is 0 Å². The minimum atomic E-state index is 0.410. The molecule has 94 valence electrons. The van der Waals surface area contributed by atoms with E-state index >= 15 is 0 Å². The van der Waals surface area contributed by atoms with Crippen LogP contribution < -0.4 is 4.74 Å². The number of hydrogen-bond acceptors (Lipinski definition) is 3. The summed E-state index contributed by atoms with van der Waals surface area (Å²) in [6.07, 6.45) is 0.731. The largest absolute Gasteiger partial charge is 0.473 e. The standard InChI is InChI=1S/C13H12BrClN2O/c1-2-12-16-11(15)7-13(17-12)18-8-9-3-5-10(14)6-4-9/h3-7H,2,8H2,1H3. The van der Waals surface area contributed by atoms with E-state index in [1.807, 2.05) is 31.2 Å². The van der Waals surface area contributed by atoms with Gasteiger partial charge in [0, 0.05) is 17.0 Å². The number of rotatable bonds is 4. The Labute approximate surface area is 119 Å². The van der Waals surface area contributed by atoms with E-state index in [1.54, 1.807) is 6.07 Å². The highest BCUT2D eigenvalue weighted by atomic mass is 79.9. The quantitative estimate of drug-likeness (QED) is 0.795. The van der Waals surface area contributed by atoms with Crippen LogP contribution in [0.2, 0.25) is 5.15 Å². The molecule has 1 aromatic carbocycles. The Bertz CT molecular complexity index is 531. The Morgan fingerprint density at radius 2 is 1.94 bits per heavy atom. The van der Waals surface area contributed by atoms with Crippen LogP contribution in [0.5, 0.6) is 5.88 Å². The minimum absolute atomic E-state index is 0.410. The van der Waals surface area contributed by atoms with Gasteiger partial charge in [-0.2, -0.15) is 4.98 Å². The van der Waals surface area contributed by atoms with Gasteiger partial charge in [0.15, 0.2) is 0 Å². The minimum Gasteiger partial charge on any atom is -0.473 e. The van der Waals surface area contributed by atoms with Crippen molar-refractivity contribution in [3.63, 3.8) is 0 Å². The monoisotopic (exact) mass is 326 g/mol. The smallest absolute Gasteiger partial charge is 0.218 e. The molecule has 0 spiro atoms. The van der Waals surface area contributed by atoms with Gasteiger partial charge in [0.2, 0.25) is 5.88 Å². The predicted octanol–water partition coefficient (Wildman–Crippen LogP) is 4.03. The van der Waals surface area contributed by atoms with Gasteiger partial charge >= 0.3 is 0 Å². The molecule has 0 radical (unpaired) electrons. The Kier molecular flexibility index (Phi) is 4.55.